The van der Waals surface area contributed by atoms with E-state index in [0.29, 0.717) is 36.0 Å². The summed E-state index contributed by atoms with van der Waals surface area (Å²) in [6.45, 7) is 7.19. The van der Waals surface area contributed by atoms with Crippen molar-refractivity contribution in [1.82, 2.24) is 0 Å². The lowest BCUT2D eigenvalue weighted by molar-refractivity contribution is -0.113. The molecule has 4 nitrogen and oxygen atoms in total. The zero-order valence-corrected chi connectivity index (χ0v) is 14.8. The van der Waals surface area contributed by atoms with Gasteiger partial charge in [0.15, 0.2) is 11.5 Å². The molecule has 0 atom stereocenters. The fourth-order valence-corrected chi connectivity index (χ4v) is 3.08. The summed E-state index contributed by atoms with van der Waals surface area (Å²) in [6.07, 6.45) is 1.75. The molecule has 25 heavy (non-hydrogen) atoms. The summed E-state index contributed by atoms with van der Waals surface area (Å²) in [5, 5.41) is 10.4. The van der Waals surface area contributed by atoms with Gasteiger partial charge in [-0.25, -0.2) is 0 Å². The Bertz CT molecular complexity index is 824. The molecule has 2 aromatic carbocycles. The van der Waals surface area contributed by atoms with Crippen molar-refractivity contribution in [2.24, 2.45) is 5.92 Å². The average molecular weight is 337 g/mol. The number of carbonyl (C=O) groups excluding carboxylic acids is 1. The minimum Gasteiger partial charge on any atom is -0.504 e. The van der Waals surface area contributed by atoms with Gasteiger partial charge in [-0.05, 0) is 31.1 Å². The monoisotopic (exact) mass is 337 g/mol. The van der Waals surface area contributed by atoms with Crippen LogP contribution in [0.4, 0.5) is 5.69 Å². The molecule has 0 saturated heterocycles. The first-order chi connectivity index (χ1) is 12.0. The van der Waals surface area contributed by atoms with Crippen LogP contribution >= 0.6 is 0 Å². The Hall–Kier alpha value is -2.75. The van der Waals surface area contributed by atoms with Crippen LogP contribution in [0.15, 0.2) is 42.5 Å². The third-order valence-electron chi connectivity index (χ3n) is 4.14. The average Bonchev–Trinajstić information content (AvgIpc) is 2.84. The molecule has 0 bridgehead atoms. The van der Waals surface area contributed by atoms with Crippen LogP contribution in [0, 0.1) is 5.92 Å². The van der Waals surface area contributed by atoms with Gasteiger partial charge in [0.25, 0.3) is 5.91 Å². The Balaban J connectivity index is 2.07. The fraction of sp³-hybridized carbons (Fsp3) is 0.286. The third-order valence-corrected chi connectivity index (χ3v) is 4.14. The van der Waals surface area contributed by atoms with Gasteiger partial charge in [0.2, 0.25) is 0 Å². The molecule has 1 amide bonds. The maximum absolute atomic E-state index is 13.0. The van der Waals surface area contributed by atoms with E-state index >= 15 is 0 Å². The summed E-state index contributed by atoms with van der Waals surface area (Å²) >= 11 is 0. The molecule has 1 N–H and O–H groups in total. The van der Waals surface area contributed by atoms with Crippen LogP contribution in [0.5, 0.6) is 11.5 Å². The van der Waals surface area contributed by atoms with Gasteiger partial charge in [0.1, 0.15) is 0 Å². The maximum Gasteiger partial charge on any atom is 0.259 e. The summed E-state index contributed by atoms with van der Waals surface area (Å²) in [6, 6.07) is 13.1. The number of para-hydroxylation sites is 2. The molecule has 0 unspecified atom stereocenters. The molecule has 0 saturated carbocycles. The van der Waals surface area contributed by atoms with Gasteiger partial charge in [0, 0.05) is 23.2 Å². The second-order valence-electron chi connectivity index (χ2n) is 6.51. The Morgan fingerprint density at radius 3 is 2.64 bits per heavy atom. The second-order valence-corrected chi connectivity index (χ2v) is 6.51. The highest BCUT2D eigenvalue weighted by Crippen LogP contribution is 2.40. The van der Waals surface area contributed by atoms with Gasteiger partial charge >= 0.3 is 0 Å². The van der Waals surface area contributed by atoms with Crippen molar-refractivity contribution in [1.29, 1.82) is 0 Å². The zero-order chi connectivity index (χ0) is 18.0. The fourth-order valence-electron chi connectivity index (χ4n) is 3.08. The van der Waals surface area contributed by atoms with E-state index in [2.05, 4.69) is 13.8 Å². The number of rotatable bonds is 5. The zero-order valence-electron chi connectivity index (χ0n) is 14.8. The van der Waals surface area contributed by atoms with Crippen molar-refractivity contribution in [2.75, 3.05) is 18.1 Å². The number of ether oxygens (including phenoxy) is 1. The number of phenols is 1. The van der Waals surface area contributed by atoms with Gasteiger partial charge in [0.05, 0.1) is 12.3 Å². The number of aromatic hydroxyl groups is 1. The largest absolute Gasteiger partial charge is 0.504 e. The normalized spacial score (nSPS) is 15.1. The van der Waals surface area contributed by atoms with Crippen molar-refractivity contribution in [3.8, 4) is 11.5 Å². The number of benzene rings is 2. The van der Waals surface area contributed by atoms with Crippen LogP contribution in [0.2, 0.25) is 0 Å². The molecule has 0 aliphatic carbocycles. The summed E-state index contributed by atoms with van der Waals surface area (Å²) in [7, 11) is 0. The van der Waals surface area contributed by atoms with Crippen LogP contribution in [0.1, 0.15) is 31.9 Å². The predicted octanol–water partition coefficient (Wildman–Crippen LogP) is 4.33. The molecule has 130 valence electrons. The summed E-state index contributed by atoms with van der Waals surface area (Å²) < 4.78 is 5.44. The molecule has 1 heterocycles. The Kier molecular flexibility index (Phi) is 4.79. The highest BCUT2D eigenvalue weighted by Gasteiger charge is 2.32. The van der Waals surface area contributed by atoms with E-state index in [4.69, 9.17) is 4.74 Å². The molecule has 3 rings (SSSR count). The number of nitrogens with zero attached hydrogens (tertiary/aromatic N) is 1. The lowest BCUT2D eigenvalue weighted by Gasteiger charge is -2.19. The van der Waals surface area contributed by atoms with E-state index in [1.165, 1.54) is 0 Å². The predicted molar refractivity (Wildman–Crippen MR) is 101 cm³/mol. The third kappa shape index (κ3) is 3.25. The summed E-state index contributed by atoms with van der Waals surface area (Å²) in [5.74, 6) is 0.821. The molecule has 1 aliphatic rings. The number of phenolic OH excluding ortho intramolecular Hbond substituents is 1. The standard InChI is InChI=1S/C21H23NO3/c1-4-25-19-11-7-8-15(20(19)23)12-17-16-9-5-6-10-18(16)22(21(17)24)13-14(2)3/h5-12,14,23H,4,13H2,1-3H3/b17-12-. The number of anilines is 1. The van der Waals surface area contributed by atoms with Crippen LogP contribution in [0.3, 0.4) is 0 Å². The molecule has 0 spiro atoms. The maximum atomic E-state index is 13.0. The van der Waals surface area contributed by atoms with E-state index in [0.717, 1.165) is 11.3 Å². The van der Waals surface area contributed by atoms with Gasteiger partial charge in [-0.15, -0.1) is 0 Å². The number of hydrogen-bond acceptors (Lipinski definition) is 3. The molecule has 2 aromatic rings. The minimum absolute atomic E-state index is 0.0314. The molecule has 0 fully saturated rings. The highest BCUT2D eigenvalue weighted by atomic mass is 16.5. The van der Waals surface area contributed by atoms with Gasteiger partial charge in [-0.1, -0.05) is 44.2 Å². The number of hydrogen-bond donors (Lipinski definition) is 1. The molecule has 1 aliphatic heterocycles. The first-order valence-electron chi connectivity index (χ1n) is 8.60. The number of fused-ring (bicyclic) bond motifs is 1. The first kappa shape index (κ1) is 17.1. The molecule has 0 radical (unpaired) electrons. The van der Waals surface area contributed by atoms with Crippen molar-refractivity contribution in [3.05, 3.63) is 53.6 Å². The summed E-state index contributed by atoms with van der Waals surface area (Å²) in [5.41, 5.74) is 3.00. The Morgan fingerprint density at radius 2 is 1.92 bits per heavy atom. The lowest BCUT2D eigenvalue weighted by atomic mass is 10.0. The van der Waals surface area contributed by atoms with E-state index in [1.54, 1.807) is 18.2 Å². The van der Waals surface area contributed by atoms with Crippen molar-refractivity contribution >= 4 is 23.2 Å². The minimum atomic E-state index is -0.0314. The van der Waals surface area contributed by atoms with Crippen LogP contribution in [0.25, 0.3) is 11.6 Å². The van der Waals surface area contributed by atoms with Crippen LogP contribution in [-0.2, 0) is 4.79 Å². The SMILES string of the molecule is CCOc1cccc(/C=C2\C(=O)N(CC(C)C)c3ccccc32)c1O. The smallest absolute Gasteiger partial charge is 0.259 e. The van der Waals surface area contributed by atoms with Crippen LogP contribution < -0.4 is 9.64 Å². The molecular weight excluding hydrogens is 314 g/mol. The Morgan fingerprint density at radius 1 is 1.16 bits per heavy atom. The molecular formula is C21H23NO3. The first-order valence-corrected chi connectivity index (χ1v) is 8.60. The summed E-state index contributed by atoms with van der Waals surface area (Å²) in [4.78, 5) is 14.8. The number of carbonyl (C=O) groups is 1. The van der Waals surface area contributed by atoms with Crippen molar-refractivity contribution in [2.45, 2.75) is 20.8 Å². The van der Waals surface area contributed by atoms with E-state index < -0.39 is 0 Å². The highest BCUT2D eigenvalue weighted by molar-refractivity contribution is 6.35. The molecule has 0 aromatic heterocycles. The van der Waals surface area contributed by atoms with E-state index in [9.17, 15) is 9.90 Å². The quantitative estimate of drug-likeness (QED) is 0.826. The second kappa shape index (κ2) is 7.01. The van der Waals surface area contributed by atoms with E-state index in [-0.39, 0.29) is 11.7 Å². The van der Waals surface area contributed by atoms with Gasteiger partial charge in [-0.3, -0.25) is 4.79 Å². The van der Waals surface area contributed by atoms with Crippen molar-refractivity contribution < 1.29 is 14.6 Å². The van der Waals surface area contributed by atoms with Gasteiger partial charge in [-0.2, -0.15) is 0 Å². The number of amides is 1. The van der Waals surface area contributed by atoms with Gasteiger partial charge < -0.3 is 14.7 Å². The lowest BCUT2D eigenvalue weighted by Crippen LogP contribution is -2.30. The molecule has 4 heteroatoms. The van der Waals surface area contributed by atoms with Crippen molar-refractivity contribution in [3.63, 3.8) is 0 Å². The topological polar surface area (TPSA) is 49.8 Å². The van der Waals surface area contributed by atoms with Crippen LogP contribution in [-0.4, -0.2) is 24.2 Å². The van der Waals surface area contributed by atoms with E-state index in [1.807, 2.05) is 42.2 Å². The Labute approximate surface area is 148 Å².